The molecule has 0 atom stereocenters. The van der Waals surface area contributed by atoms with E-state index < -0.39 is 0 Å². The maximum absolute atomic E-state index is 12.4. The van der Waals surface area contributed by atoms with Gasteiger partial charge in [-0.15, -0.1) is 11.3 Å². The molecule has 0 radical (unpaired) electrons. The number of benzene rings is 3. The number of carbonyl (C=O) groups excluding carboxylic acids is 1. The standard InChI is InChI=1S/C23H19N3O2S2/c1-14-7-12-18-20(13-14)30-22(25-18)15-8-10-16(11-9-15)24-23(29)26-21(27)17-5-3-4-6-19(17)28-2/h3-13H,1-2H3,(H2,24,26,27,29). The number of para-hydroxylation sites is 1. The minimum Gasteiger partial charge on any atom is -0.496 e. The van der Waals surface area contributed by atoms with Crippen molar-refractivity contribution in [1.29, 1.82) is 0 Å². The highest BCUT2D eigenvalue weighted by Crippen LogP contribution is 2.31. The first kappa shape index (κ1) is 20.0. The minimum atomic E-state index is -0.327. The molecule has 1 amide bonds. The number of aryl methyl sites for hydroxylation is 1. The summed E-state index contributed by atoms with van der Waals surface area (Å²) in [7, 11) is 1.52. The van der Waals surface area contributed by atoms with Crippen LogP contribution in [0.3, 0.4) is 0 Å². The van der Waals surface area contributed by atoms with E-state index >= 15 is 0 Å². The molecule has 0 bridgehead atoms. The second-order valence-corrected chi connectivity index (χ2v) is 8.11. The zero-order valence-corrected chi connectivity index (χ0v) is 18.1. The number of methoxy groups -OCH3 is 1. The summed E-state index contributed by atoms with van der Waals surface area (Å²) >= 11 is 6.95. The fourth-order valence-corrected chi connectivity index (χ4v) is 4.30. The van der Waals surface area contributed by atoms with Crippen molar-refractivity contribution in [2.45, 2.75) is 6.92 Å². The number of thiocarbonyl (C=S) groups is 1. The average Bonchev–Trinajstić information content (AvgIpc) is 3.17. The number of carbonyl (C=O) groups is 1. The number of nitrogens with one attached hydrogen (secondary N) is 2. The Morgan fingerprint density at radius 2 is 1.83 bits per heavy atom. The molecule has 30 heavy (non-hydrogen) atoms. The molecule has 1 aromatic heterocycles. The number of anilines is 1. The Hall–Kier alpha value is -3.29. The van der Waals surface area contributed by atoms with Crippen molar-refractivity contribution in [2.75, 3.05) is 12.4 Å². The monoisotopic (exact) mass is 433 g/mol. The van der Waals surface area contributed by atoms with Gasteiger partial charge < -0.3 is 10.1 Å². The average molecular weight is 434 g/mol. The van der Waals surface area contributed by atoms with Gasteiger partial charge in [0.15, 0.2) is 5.11 Å². The van der Waals surface area contributed by atoms with Crippen LogP contribution >= 0.6 is 23.6 Å². The van der Waals surface area contributed by atoms with E-state index in [1.807, 2.05) is 30.3 Å². The molecule has 0 aliphatic rings. The number of rotatable bonds is 4. The van der Waals surface area contributed by atoms with Crippen LogP contribution < -0.4 is 15.4 Å². The Balaban J connectivity index is 1.43. The second kappa shape index (κ2) is 8.61. The topological polar surface area (TPSA) is 63.2 Å². The smallest absolute Gasteiger partial charge is 0.261 e. The van der Waals surface area contributed by atoms with Gasteiger partial charge in [0, 0.05) is 11.3 Å². The molecule has 7 heteroatoms. The van der Waals surface area contributed by atoms with Gasteiger partial charge in [-0.05, 0) is 73.2 Å². The van der Waals surface area contributed by atoms with Crippen molar-refractivity contribution >= 4 is 50.5 Å². The summed E-state index contributed by atoms with van der Waals surface area (Å²) in [6.45, 7) is 2.08. The Morgan fingerprint density at radius 1 is 1.07 bits per heavy atom. The van der Waals surface area contributed by atoms with Gasteiger partial charge in [0.05, 0.1) is 22.9 Å². The molecular weight excluding hydrogens is 414 g/mol. The van der Waals surface area contributed by atoms with E-state index in [9.17, 15) is 4.79 Å². The van der Waals surface area contributed by atoms with Crippen LogP contribution in [0.4, 0.5) is 5.69 Å². The Kier molecular flexibility index (Phi) is 5.74. The first-order valence-electron chi connectivity index (χ1n) is 9.26. The molecule has 0 unspecified atom stereocenters. The number of aromatic nitrogens is 1. The van der Waals surface area contributed by atoms with Gasteiger partial charge in [-0.25, -0.2) is 4.98 Å². The molecule has 5 nitrogen and oxygen atoms in total. The molecule has 0 saturated heterocycles. The number of hydrogen-bond donors (Lipinski definition) is 2. The summed E-state index contributed by atoms with van der Waals surface area (Å²) < 4.78 is 6.39. The number of thiazole rings is 1. The van der Waals surface area contributed by atoms with Gasteiger partial charge >= 0.3 is 0 Å². The number of hydrogen-bond acceptors (Lipinski definition) is 5. The first-order chi connectivity index (χ1) is 14.5. The van der Waals surface area contributed by atoms with Crippen molar-refractivity contribution in [1.82, 2.24) is 10.3 Å². The lowest BCUT2D eigenvalue weighted by Gasteiger charge is -2.11. The van der Waals surface area contributed by atoms with Gasteiger partial charge in [0.25, 0.3) is 5.91 Å². The fraction of sp³-hybridized carbons (Fsp3) is 0.0870. The van der Waals surface area contributed by atoms with Crippen LogP contribution in [0.25, 0.3) is 20.8 Å². The molecule has 150 valence electrons. The maximum Gasteiger partial charge on any atom is 0.261 e. The zero-order chi connectivity index (χ0) is 21.1. The highest BCUT2D eigenvalue weighted by atomic mass is 32.1. The van der Waals surface area contributed by atoms with E-state index in [-0.39, 0.29) is 11.0 Å². The molecular formula is C23H19N3O2S2. The predicted molar refractivity (Wildman–Crippen MR) is 126 cm³/mol. The summed E-state index contributed by atoms with van der Waals surface area (Å²) in [6.07, 6.45) is 0. The molecule has 0 spiro atoms. The maximum atomic E-state index is 12.4. The van der Waals surface area contributed by atoms with Crippen LogP contribution in [0.2, 0.25) is 0 Å². The molecule has 0 saturated carbocycles. The van der Waals surface area contributed by atoms with Gasteiger partial charge in [0.2, 0.25) is 0 Å². The lowest BCUT2D eigenvalue weighted by atomic mass is 10.2. The molecule has 0 fully saturated rings. The van der Waals surface area contributed by atoms with Crippen LogP contribution in [-0.2, 0) is 0 Å². The highest BCUT2D eigenvalue weighted by molar-refractivity contribution is 7.80. The van der Waals surface area contributed by atoms with Crippen LogP contribution in [0, 0.1) is 6.92 Å². The lowest BCUT2D eigenvalue weighted by Crippen LogP contribution is -2.34. The normalized spacial score (nSPS) is 10.6. The number of fused-ring (bicyclic) bond motifs is 1. The third kappa shape index (κ3) is 4.32. The predicted octanol–water partition coefficient (Wildman–Crippen LogP) is 5.41. The molecule has 4 rings (SSSR count). The third-order valence-electron chi connectivity index (χ3n) is 4.51. The second-order valence-electron chi connectivity index (χ2n) is 6.68. The van der Waals surface area contributed by atoms with Crippen molar-refractivity contribution in [3.05, 3.63) is 77.9 Å². The van der Waals surface area contributed by atoms with E-state index in [0.717, 1.165) is 21.8 Å². The van der Waals surface area contributed by atoms with Crippen molar-refractivity contribution in [2.24, 2.45) is 0 Å². The van der Waals surface area contributed by atoms with Crippen LogP contribution in [0.15, 0.2) is 66.7 Å². The summed E-state index contributed by atoms with van der Waals surface area (Å²) in [4.78, 5) is 17.2. The Labute approximate surface area is 183 Å². The summed E-state index contributed by atoms with van der Waals surface area (Å²) in [5, 5.41) is 6.90. The highest BCUT2D eigenvalue weighted by Gasteiger charge is 2.13. The van der Waals surface area contributed by atoms with E-state index in [0.29, 0.717) is 11.3 Å². The number of nitrogens with zero attached hydrogens (tertiary/aromatic N) is 1. The van der Waals surface area contributed by atoms with Crippen LogP contribution in [0.5, 0.6) is 5.75 Å². The Morgan fingerprint density at radius 3 is 2.60 bits per heavy atom. The molecule has 2 N–H and O–H groups in total. The quantitative estimate of drug-likeness (QED) is 0.422. The first-order valence-corrected chi connectivity index (χ1v) is 10.5. The summed E-state index contributed by atoms with van der Waals surface area (Å²) in [5.74, 6) is 0.166. The molecule has 1 heterocycles. The van der Waals surface area contributed by atoms with Crippen molar-refractivity contribution in [3.63, 3.8) is 0 Å². The Bertz CT molecular complexity index is 1230. The number of ether oxygens (including phenoxy) is 1. The third-order valence-corrected chi connectivity index (χ3v) is 5.78. The van der Waals surface area contributed by atoms with Crippen LogP contribution in [0.1, 0.15) is 15.9 Å². The van der Waals surface area contributed by atoms with E-state index in [1.54, 1.807) is 35.6 Å². The fourth-order valence-electron chi connectivity index (χ4n) is 3.02. The summed E-state index contributed by atoms with van der Waals surface area (Å²) in [6, 6.07) is 21.0. The van der Waals surface area contributed by atoms with Gasteiger partial charge in [-0.3, -0.25) is 10.1 Å². The SMILES string of the molecule is COc1ccccc1C(=O)NC(=S)Nc1ccc(-c2nc3ccc(C)cc3s2)cc1. The van der Waals surface area contributed by atoms with Crippen molar-refractivity contribution in [3.8, 4) is 16.3 Å². The molecule has 4 aromatic rings. The molecule has 0 aliphatic heterocycles. The van der Waals surface area contributed by atoms with E-state index in [1.165, 1.54) is 17.4 Å². The summed E-state index contributed by atoms with van der Waals surface area (Å²) in [5.41, 5.74) is 4.46. The molecule has 3 aromatic carbocycles. The molecule has 0 aliphatic carbocycles. The van der Waals surface area contributed by atoms with E-state index in [4.69, 9.17) is 21.9 Å². The van der Waals surface area contributed by atoms with Crippen molar-refractivity contribution < 1.29 is 9.53 Å². The van der Waals surface area contributed by atoms with E-state index in [2.05, 4.69) is 29.7 Å². The van der Waals surface area contributed by atoms with Gasteiger partial charge in [-0.2, -0.15) is 0 Å². The lowest BCUT2D eigenvalue weighted by molar-refractivity contribution is 0.0975. The van der Waals surface area contributed by atoms with Gasteiger partial charge in [-0.1, -0.05) is 18.2 Å². The zero-order valence-electron chi connectivity index (χ0n) is 16.4. The minimum absolute atomic E-state index is 0.217. The van der Waals surface area contributed by atoms with Crippen LogP contribution in [-0.4, -0.2) is 23.1 Å². The number of amides is 1. The van der Waals surface area contributed by atoms with Gasteiger partial charge in [0.1, 0.15) is 10.8 Å². The largest absolute Gasteiger partial charge is 0.496 e.